The summed E-state index contributed by atoms with van der Waals surface area (Å²) < 4.78 is 0. The minimum Gasteiger partial charge on any atom is -0.346 e. The molecule has 4 unspecified atom stereocenters. The van der Waals surface area contributed by atoms with Crippen LogP contribution < -0.4 is 5.32 Å². The van der Waals surface area contributed by atoms with Crippen molar-refractivity contribution in [3.8, 4) is 0 Å². The van der Waals surface area contributed by atoms with Gasteiger partial charge >= 0.3 is 0 Å². The maximum absolute atomic E-state index is 12.8. The van der Waals surface area contributed by atoms with Gasteiger partial charge in [0.2, 0.25) is 5.91 Å². The minimum atomic E-state index is -1.19. The second kappa shape index (κ2) is 18.8. The fraction of sp³-hybridized carbons (Fsp3) is 0.219. The molecule has 0 aliphatic heterocycles. The third-order valence-electron chi connectivity index (χ3n) is 6.35. The lowest BCUT2D eigenvalue weighted by Crippen LogP contribution is -2.29. The molecule has 4 rings (SSSR count). The molecular formula is C32H35NOP2S6. The number of amides is 1. The van der Waals surface area contributed by atoms with Gasteiger partial charge in [0.05, 0.1) is 11.1 Å². The quantitative estimate of drug-likeness (QED) is 0.0918. The van der Waals surface area contributed by atoms with E-state index in [1.165, 1.54) is 27.8 Å². The van der Waals surface area contributed by atoms with Crippen LogP contribution in [-0.4, -0.2) is 17.0 Å². The molecule has 42 heavy (non-hydrogen) atoms. The molecule has 1 N–H and O–H groups in total. The van der Waals surface area contributed by atoms with Crippen LogP contribution in [0.2, 0.25) is 0 Å². The summed E-state index contributed by atoms with van der Waals surface area (Å²) >= 11 is 18.7. The van der Waals surface area contributed by atoms with Crippen LogP contribution in [0.25, 0.3) is 0 Å². The molecule has 0 aliphatic rings. The van der Waals surface area contributed by atoms with E-state index < -0.39 is 10.2 Å². The lowest BCUT2D eigenvalue weighted by Gasteiger charge is -2.19. The molecule has 0 aliphatic carbocycles. The number of hydrogen-bond donors (Lipinski definition) is 1. The molecule has 0 heterocycles. The summed E-state index contributed by atoms with van der Waals surface area (Å²) in [5.41, 5.74) is 6.52. The number of rotatable bonds is 16. The summed E-state index contributed by atoms with van der Waals surface area (Å²) in [6.07, 6.45) is 1.88. The molecule has 1 amide bonds. The molecule has 4 aromatic carbocycles. The Hall–Kier alpha value is -0.950. The summed E-state index contributed by atoms with van der Waals surface area (Å²) in [5, 5.41) is 0.860. The molecule has 0 saturated carbocycles. The summed E-state index contributed by atoms with van der Waals surface area (Å²) in [5.74, 6) is 1.47. The Bertz CT molecular complexity index is 1440. The average Bonchev–Trinajstić information content (AvgIpc) is 3.01. The van der Waals surface area contributed by atoms with Crippen molar-refractivity contribution in [1.82, 2.24) is 5.32 Å². The van der Waals surface area contributed by atoms with Gasteiger partial charge in [0.15, 0.2) is 0 Å². The van der Waals surface area contributed by atoms with Crippen LogP contribution in [0.5, 0.6) is 0 Å². The molecule has 2 nitrogen and oxygen atoms in total. The van der Waals surface area contributed by atoms with Crippen molar-refractivity contribution in [2.24, 2.45) is 0 Å². The van der Waals surface area contributed by atoms with E-state index in [0.717, 1.165) is 18.6 Å². The first-order valence-corrected chi connectivity index (χ1v) is 25.5. The first-order chi connectivity index (χ1) is 20.5. The van der Waals surface area contributed by atoms with Crippen LogP contribution in [0, 0.1) is 0 Å². The first-order valence-electron chi connectivity index (χ1n) is 13.6. The van der Waals surface area contributed by atoms with E-state index in [0.29, 0.717) is 11.1 Å². The van der Waals surface area contributed by atoms with Crippen molar-refractivity contribution in [3.05, 3.63) is 143 Å². The molecule has 0 bridgehead atoms. The highest BCUT2D eigenvalue weighted by Gasteiger charge is 2.17. The summed E-state index contributed by atoms with van der Waals surface area (Å²) in [6.45, 7) is 1.96. The maximum Gasteiger partial charge on any atom is 0.233 e. The van der Waals surface area contributed by atoms with Gasteiger partial charge in [-0.1, -0.05) is 150 Å². The van der Waals surface area contributed by atoms with Crippen LogP contribution in [-0.2, 0) is 47.0 Å². The lowest BCUT2D eigenvalue weighted by atomic mass is 10.0. The zero-order valence-corrected chi connectivity index (χ0v) is 30.2. The topological polar surface area (TPSA) is 29.1 Å². The molecule has 4 atom stereocenters. The van der Waals surface area contributed by atoms with Gasteiger partial charge in [0.25, 0.3) is 0 Å². The smallest absolute Gasteiger partial charge is 0.233 e. The average molecular weight is 704 g/mol. The summed E-state index contributed by atoms with van der Waals surface area (Å²) in [7, 11) is 0. The highest BCUT2D eigenvalue weighted by molar-refractivity contribution is 8.94. The van der Waals surface area contributed by atoms with Crippen molar-refractivity contribution in [2.75, 3.05) is 5.88 Å². The molecule has 0 aromatic heterocycles. The molecule has 0 spiro atoms. The van der Waals surface area contributed by atoms with Crippen molar-refractivity contribution in [3.63, 3.8) is 0 Å². The molecule has 10 heteroatoms. The van der Waals surface area contributed by atoms with Gasteiger partial charge in [-0.3, -0.25) is 4.79 Å². The molecule has 0 radical (unpaired) electrons. The monoisotopic (exact) mass is 703 g/mol. The van der Waals surface area contributed by atoms with Gasteiger partial charge in [0, 0.05) is 21.2 Å². The Morgan fingerprint density at radius 1 is 0.714 bits per heavy atom. The lowest BCUT2D eigenvalue weighted by molar-refractivity contribution is -0.119. The fourth-order valence-electron chi connectivity index (χ4n) is 4.22. The van der Waals surface area contributed by atoms with E-state index in [2.05, 4.69) is 115 Å². The van der Waals surface area contributed by atoms with E-state index in [-0.39, 0.29) is 11.2 Å². The number of benzene rings is 4. The standard InChI is InChI=1S/C32H35NOP2S6/c1-25(41-35(37)39-23-29-17-11-16-28(21-29)20-26-12-5-2-6-13-26)32(34)33-24-40-36(38)42-31(30-18-9-4-10-19-30)22-27-14-7-3-8-15-27/h2-19,21,25,31,35-36H,20,22-24H2,1H3,(H,33,34). The van der Waals surface area contributed by atoms with Crippen LogP contribution in [0.15, 0.2) is 115 Å². The van der Waals surface area contributed by atoms with Gasteiger partial charge < -0.3 is 5.32 Å². The summed E-state index contributed by atoms with van der Waals surface area (Å²) in [4.78, 5) is 12.8. The predicted molar refractivity (Wildman–Crippen MR) is 203 cm³/mol. The van der Waals surface area contributed by atoms with Crippen molar-refractivity contribution in [2.45, 2.75) is 36.0 Å². The third kappa shape index (κ3) is 12.2. The van der Waals surface area contributed by atoms with Crippen molar-refractivity contribution < 1.29 is 4.79 Å². The number of carbonyl (C=O) groups is 1. The Labute approximate surface area is 278 Å². The van der Waals surface area contributed by atoms with E-state index in [9.17, 15) is 4.79 Å². The number of carbonyl (C=O) groups excluding carboxylic acids is 1. The summed E-state index contributed by atoms with van der Waals surface area (Å²) in [6, 6.07) is 40.5. The van der Waals surface area contributed by atoms with Crippen LogP contribution >= 0.6 is 55.7 Å². The highest BCUT2D eigenvalue weighted by atomic mass is 33.2. The molecular weight excluding hydrogens is 669 g/mol. The number of nitrogens with one attached hydrogen (secondary N) is 1. The Kier molecular flexibility index (Phi) is 15.2. The van der Waals surface area contributed by atoms with Gasteiger partial charge in [-0.2, -0.15) is 0 Å². The Morgan fingerprint density at radius 2 is 1.29 bits per heavy atom. The predicted octanol–water partition coefficient (Wildman–Crippen LogP) is 10.2. The Balaban J connectivity index is 1.18. The van der Waals surface area contributed by atoms with E-state index in [1.54, 1.807) is 34.1 Å². The van der Waals surface area contributed by atoms with Crippen molar-refractivity contribution in [1.29, 1.82) is 0 Å². The minimum absolute atomic E-state index is 0.0454. The highest BCUT2D eigenvalue weighted by Crippen LogP contribution is 2.57. The molecule has 0 fully saturated rings. The van der Waals surface area contributed by atoms with E-state index in [4.69, 9.17) is 23.6 Å². The second-order valence-electron chi connectivity index (χ2n) is 9.57. The third-order valence-corrected chi connectivity index (χ3v) is 22.3. The normalized spacial score (nSPS) is 14.0. The SMILES string of the molecule is CC(S[PH](=S)SCc1cccc(Cc2ccccc2)c1)C(=O)NCS[PH](=S)SC(Cc1ccccc1)c1ccccc1. The zero-order chi connectivity index (χ0) is 29.6. The zero-order valence-electron chi connectivity index (χ0n) is 23.3. The van der Waals surface area contributed by atoms with Crippen LogP contribution in [0.3, 0.4) is 0 Å². The largest absolute Gasteiger partial charge is 0.346 e. The van der Waals surface area contributed by atoms with Crippen molar-refractivity contribution >= 4 is 85.2 Å². The van der Waals surface area contributed by atoms with Gasteiger partial charge in [0.1, 0.15) is 0 Å². The van der Waals surface area contributed by atoms with Gasteiger partial charge in [-0.15, -0.1) is 34.1 Å². The Morgan fingerprint density at radius 3 is 1.98 bits per heavy atom. The molecule has 220 valence electrons. The van der Waals surface area contributed by atoms with Gasteiger partial charge in [-0.05, 0) is 47.6 Å². The second-order valence-corrected chi connectivity index (χ2v) is 28.6. The van der Waals surface area contributed by atoms with Gasteiger partial charge in [-0.25, -0.2) is 0 Å². The van der Waals surface area contributed by atoms with E-state index >= 15 is 0 Å². The maximum atomic E-state index is 12.8. The number of hydrogen-bond acceptors (Lipinski definition) is 7. The molecule has 4 aromatic rings. The van der Waals surface area contributed by atoms with Crippen LogP contribution in [0.1, 0.15) is 40.0 Å². The van der Waals surface area contributed by atoms with Crippen LogP contribution in [0.4, 0.5) is 0 Å². The van der Waals surface area contributed by atoms with E-state index in [1.807, 2.05) is 24.4 Å². The first kappa shape index (κ1) is 33.9. The molecule has 0 saturated heterocycles. The fourth-order valence-corrected chi connectivity index (χ4v) is 18.8.